The third-order valence-electron chi connectivity index (χ3n) is 1.91. The molecule has 0 aliphatic carbocycles. The molecule has 0 bridgehead atoms. The second kappa shape index (κ2) is 7.19. The molecule has 2 N–H and O–H groups in total. The zero-order chi connectivity index (χ0) is 12.7. The summed E-state index contributed by atoms with van der Waals surface area (Å²) in [4.78, 5) is 23.7. The van der Waals surface area contributed by atoms with Gasteiger partial charge >= 0.3 is 11.8 Å². The first kappa shape index (κ1) is 13.9. The summed E-state index contributed by atoms with van der Waals surface area (Å²) >= 11 is 6.96. The summed E-state index contributed by atoms with van der Waals surface area (Å²) in [6.07, 6.45) is 1.94. The first-order valence-electron chi connectivity index (χ1n) is 4.96. The number of nitrogens with one attached hydrogen (secondary N) is 2. The number of halogens is 1. The van der Waals surface area contributed by atoms with Gasteiger partial charge in [-0.25, -0.2) is 0 Å². The molecule has 2 amide bonds. The van der Waals surface area contributed by atoms with Crippen LogP contribution in [0.3, 0.4) is 0 Å². The first-order valence-corrected chi connectivity index (χ1v) is 6.72. The molecule has 0 radical (unpaired) electrons. The molecule has 0 unspecified atom stereocenters. The fourth-order valence-electron chi connectivity index (χ4n) is 1.13. The Morgan fingerprint density at radius 1 is 1.35 bits per heavy atom. The maximum absolute atomic E-state index is 11.4. The summed E-state index contributed by atoms with van der Waals surface area (Å²) in [5, 5.41) is 4.91. The number of rotatable bonds is 4. The molecular weight excluding hydrogens is 260 g/mol. The van der Waals surface area contributed by atoms with Crippen LogP contribution in [0.5, 0.6) is 0 Å². The van der Waals surface area contributed by atoms with E-state index in [0.29, 0.717) is 5.69 Å². The fraction of sp³-hybridized carbons (Fsp3) is 0.273. The van der Waals surface area contributed by atoms with E-state index in [1.54, 1.807) is 23.9 Å². The van der Waals surface area contributed by atoms with Gasteiger partial charge in [0.15, 0.2) is 0 Å². The molecule has 0 aliphatic rings. The molecule has 0 spiro atoms. The lowest BCUT2D eigenvalue weighted by Gasteiger charge is -2.06. The minimum atomic E-state index is -0.687. The Morgan fingerprint density at radius 3 is 2.76 bits per heavy atom. The van der Waals surface area contributed by atoms with Crippen molar-refractivity contribution in [3.8, 4) is 0 Å². The lowest BCUT2D eigenvalue weighted by atomic mass is 10.3. The van der Waals surface area contributed by atoms with Gasteiger partial charge in [0.05, 0.1) is 0 Å². The fourth-order valence-corrected chi connectivity index (χ4v) is 1.68. The highest BCUT2D eigenvalue weighted by Gasteiger charge is 2.12. The average Bonchev–Trinajstić information content (AvgIpc) is 2.36. The Morgan fingerprint density at radius 2 is 2.12 bits per heavy atom. The van der Waals surface area contributed by atoms with Gasteiger partial charge < -0.3 is 10.6 Å². The molecule has 17 heavy (non-hydrogen) atoms. The molecule has 0 heterocycles. The Balaban J connectivity index is 2.58. The van der Waals surface area contributed by atoms with Crippen LogP contribution < -0.4 is 10.6 Å². The Hall–Kier alpha value is -1.20. The number of carbonyl (C=O) groups is 2. The highest BCUT2D eigenvalue weighted by Crippen LogP contribution is 2.18. The number of alkyl halides is 1. The van der Waals surface area contributed by atoms with Crippen molar-refractivity contribution in [2.75, 3.05) is 24.0 Å². The molecule has 0 saturated carbocycles. The minimum Gasteiger partial charge on any atom is -0.347 e. The van der Waals surface area contributed by atoms with Crippen molar-refractivity contribution in [2.24, 2.45) is 0 Å². The van der Waals surface area contributed by atoms with Gasteiger partial charge in [0.25, 0.3) is 0 Å². The molecule has 1 aromatic rings. The zero-order valence-electron chi connectivity index (χ0n) is 9.33. The van der Waals surface area contributed by atoms with Crippen molar-refractivity contribution in [3.05, 3.63) is 24.3 Å². The van der Waals surface area contributed by atoms with Crippen LogP contribution in [-0.2, 0) is 9.59 Å². The van der Waals surface area contributed by atoms with Crippen molar-refractivity contribution in [1.29, 1.82) is 0 Å². The lowest BCUT2D eigenvalue weighted by molar-refractivity contribution is -0.136. The maximum atomic E-state index is 11.4. The summed E-state index contributed by atoms with van der Waals surface area (Å²) in [7, 11) is 0. The SMILES string of the molecule is CSc1cccc(NC(=O)C(=O)NCCCl)c1. The number of anilines is 1. The van der Waals surface area contributed by atoms with Crippen LogP contribution in [0.1, 0.15) is 0 Å². The molecule has 0 atom stereocenters. The van der Waals surface area contributed by atoms with E-state index in [0.717, 1.165) is 4.90 Å². The predicted molar refractivity (Wildman–Crippen MR) is 70.6 cm³/mol. The minimum absolute atomic E-state index is 0.276. The molecule has 92 valence electrons. The van der Waals surface area contributed by atoms with Gasteiger partial charge in [-0.3, -0.25) is 9.59 Å². The van der Waals surface area contributed by atoms with Crippen molar-refractivity contribution in [1.82, 2.24) is 5.32 Å². The highest BCUT2D eigenvalue weighted by atomic mass is 35.5. The third kappa shape index (κ3) is 4.66. The number of amides is 2. The van der Waals surface area contributed by atoms with Crippen LogP contribution in [0.15, 0.2) is 29.2 Å². The Kier molecular flexibility index (Phi) is 5.86. The largest absolute Gasteiger partial charge is 0.347 e. The number of hydrogen-bond donors (Lipinski definition) is 2. The van der Waals surface area contributed by atoms with Gasteiger partial charge in [-0.2, -0.15) is 0 Å². The first-order chi connectivity index (χ1) is 8.17. The molecule has 4 nitrogen and oxygen atoms in total. The van der Waals surface area contributed by atoms with E-state index >= 15 is 0 Å². The molecule has 0 aliphatic heterocycles. The van der Waals surface area contributed by atoms with Crippen LogP contribution in [0, 0.1) is 0 Å². The van der Waals surface area contributed by atoms with Crippen LogP contribution in [-0.4, -0.2) is 30.5 Å². The van der Waals surface area contributed by atoms with E-state index < -0.39 is 11.8 Å². The standard InChI is InChI=1S/C11H13ClN2O2S/c1-17-9-4-2-3-8(7-9)14-11(16)10(15)13-6-5-12/h2-4,7H,5-6H2,1H3,(H,13,15)(H,14,16). The third-order valence-corrected chi connectivity index (χ3v) is 2.83. The van der Waals surface area contributed by atoms with Gasteiger partial charge in [-0.15, -0.1) is 23.4 Å². The number of hydrogen-bond acceptors (Lipinski definition) is 3. The summed E-state index contributed by atoms with van der Waals surface area (Å²) < 4.78 is 0. The predicted octanol–water partition coefficient (Wildman–Crippen LogP) is 1.70. The van der Waals surface area contributed by atoms with E-state index in [4.69, 9.17) is 11.6 Å². The maximum Gasteiger partial charge on any atom is 0.313 e. The second-order valence-corrected chi connectivity index (χ2v) is 4.39. The van der Waals surface area contributed by atoms with Gasteiger partial charge in [0.1, 0.15) is 0 Å². The molecule has 0 aromatic heterocycles. The lowest BCUT2D eigenvalue weighted by Crippen LogP contribution is -2.36. The molecule has 0 saturated heterocycles. The van der Waals surface area contributed by atoms with Crippen molar-refractivity contribution < 1.29 is 9.59 Å². The summed E-state index contributed by atoms with van der Waals surface area (Å²) in [5.74, 6) is -1.09. The van der Waals surface area contributed by atoms with Crippen molar-refractivity contribution in [2.45, 2.75) is 4.90 Å². The van der Waals surface area contributed by atoms with E-state index in [1.165, 1.54) is 0 Å². The summed E-state index contributed by atoms with van der Waals surface area (Å²) in [5.41, 5.74) is 0.600. The van der Waals surface area contributed by atoms with Crippen LogP contribution in [0.2, 0.25) is 0 Å². The van der Waals surface area contributed by atoms with Gasteiger partial charge in [0.2, 0.25) is 0 Å². The van der Waals surface area contributed by atoms with E-state index in [-0.39, 0.29) is 12.4 Å². The van der Waals surface area contributed by atoms with Gasteiger partial charge in [-0.05, 0) is 24.5 Å². The van der Waals surface area contributed by atoms with Crippen LogP contribution >= 0.6 is 23.4 Å². The van der Waals surface area contributed by atoms with Gasteiger partial charge in [-0.1, -0.05) is 6.07 Å². The van der Waals surface area contributed by atoms with Gasteiger partial charge in [0, 0.05) is 23.0 Å². The zero-order valence-corrected chi connectivity index (χ0v) is 10.9. The van der Waals surface area contributed by atoms with Crippen LogP contribution in [0.4, 0.5) is 5.69 Å². The smallest absolute Gasteiger partial charge is 0.313 e. The van der Waals surface area contributed by atoms with E-state index in [2.05, 4.69) is 10.6 Å². The number of thioether (sulfide) groups is 1. The summed E-state index contributed by atoms with van der Waals surface area (Å²) in [6, 6.07) is 7.27. The molecule has 6 heteroatoms. The molecule has 0 fully saturated rings. The normalized spacial score (nSPS) is 9.76. The number of benzene rings is 1. The van der Waals surface area contributed by atoms with Crippen molar-refractivity contribution in [3.63, 3.8) is 0 Å². The van der Waals surface area contributed by atoms with Crippen molar-refractivity contribution >= 4 is 40.9 Å². The number of carbonyl (C=O) groups excluding carboxylic acids is 2. The Labute approximate surface area is 109 Å². The molecule has 1 aromatic carbocycles. The second-order valence-electron chi connectivity index (χ2n) is 3.13. The van der Waals surface area contributed by atoms with E-state index in [9.17, 15) is 9.59 Å². The van der Waals surface area contributed by atoms with Crippen LogP contribution in [0.25, 0.3) is 0 Å². The van der Waals surface area contributed by atoms with E-state index in [1.807, 2.05) is 18.4 Å². The average molecular weight is 273 g/mol. The highest BCUT2D eigenvalue weighted by molar-refractivity contribution is 7.98. The molecule has 1 rings (SSSR count). The quantitative estimate of drug-likeness (QED) is 0.498. The Bertz CT molecular complexity index is 412. The monoisotopic (exact) mass is 272 g/mol. The summed E-state index contributed by atoms with van der Waals surface area (Å²) in [6.45, 7) is 0.276. The topological polar surface area (TPSA) is 58.2 Å². The molecular formula is C11H13ClN2O2S.